The van der Waals surface area contributed by atoms with E-state index in [0.29, 0.717) is 11.2 Å². The van der Waals surface area contributed by atoms with E-state index in [1.54, 1.807) is 10.9 Å². The first-order valence-corrected chi connectivity index (χ1v) is 9.25. The van der Waals surface area contributed by atoms with Crippen LogP contribution in [0.5, 0.6) is 0 Å². The monoisotopic (exact) mass is 381 g/mol. The highest BCUT2D eigenvalue weighted by Gasteiger charge is 2.58. The van der Waals surface area contributed by atoms with Crippen molar-refractivity contribution in [2.24, 2.45) is 0 Å². The van der Waals surface area contributed by atoms with Gasteiger partial charge in [-0.25, -0.2) is 4.98 Å². The van der Waals surface area contributed by atoms with Crippen LogP contribution in [0.15, 0.2) is 6.33 Å². The van der Waals surface area contributed by atoms with Crippen LogP contribution in [0.25, 0.3) is 11.2 Å². The van der Waals surface area contributed by atoms with Gasteiger partial charge in [-0.3, -0.25) is 4.57 Å². The second-order valence-corrected chi connectivity index (χ2v) is 7.42. The van der Waals surface area contributed by atoms with Crippen LogP contribution in [0.1, 0.15) is 38.3 Å². The van der Waals surface area contributed by atoms with Crippen molar-refractivity contribution in [2.45, 2.75) is 62.4 Å². The first kappa shape index (κ1) is 16.6. The van der Waals surface area contributed by atoms with Crippen molar-refractivity contribution in [1.29, 1.82) is 0 Å². The molecule has 5 rings (SSSR count). The van der Waals surface area contributed by atoms with Crippen LogP contribution < -0.4 is 5.73 Å². The summed E-state index contributed by atoms with van der Waals surface area (Å²) in [5, 5.41) is 9.80. The quantitative estimate of drug-likeness (QED) is 0.749. The summed E-state index contributed by atoms with van der Waals surface area (Å²) in [6.07, 6.45) is 4.92. The minimum atomic E-state index is -0.578. The Hall–Kier alpha value is -1.52. The molecule has 26 heavy (non-hydrogen) atoms. The Bertz CT molecular complexity index is 839. The van der Waals surface area contributed by atoms with Gasteiger partial charge in [-0.1, -0.05) is 6.42 Å². The highest BCUT2D eigenvalue weighted by atomic mass is 35.5. The third kappa shape index (κ3) is 2.42. The first-order chi connectivity index (χ1) is 12.6. The van der Waals surface area contributed by atoms with Crippen LogP contribution in [0, 0.1) is 0 Å². The molecule has 1 spiro atoms. The lowest BCUT2D eigenvalue weighted by Crippen LogP contribution is -2.37. The summed E-state index contributed by atoms with van der Waals surface area (Å²) >= 11 is 5.96. The van der Waals surface area contributed by atoms with E-state index in [-0.39, 0.29) is 29.9 Å². The third-order valence-corrected chi connectivity index (χ3v) is 5.65. The lowest BCUT2D eigenvalue weighted by molar-refractivity contribution is -0.232. The number of nitrogens with zero attached hydrogens (tertiary/aromatic N) is 4. The summed E-state index contributed by atoms with van der Waals surface area (Å²) in [5.74, 6) is -0.371. The Morgan fingerprint density at radius 3 is 2.77 bits per heavy atom. The smallest absolute Gasteiger partial charge is 0.226 e. The first-order valence-electron chi connectivity index (χ1n) is 8.88. The molecule has 2 saturated heterocycles. The van der Waals surface area contributed by atoms with E-state index in [9.17, 15) is 5.11 Å². The molecule has 0 amide bonds. The van der Waals surface area contributed by atoms with E-state index in [2.05, 4.69) is 15.0 Å². The number of hydrogen-bond acceptors (Lipinski definition) is 8. The van der Waals surface area contributed by atoms with Gasteiger partial charge in [0.05, 0.1) is 12.9 Å². The molecule has 4 heterocycles. The largest absolute Gasteiger partial charge is 0.394 e. The molecule has 9 nitrogen and oxygen atoms in total. The van der Waals surface area contributed by atoms with Crippen molar-refractivity contribution in [2.75, 3.05) is 12.3 Å². The lowest BCUT2D eigenvalue weighted by atomic mass is 9.94. The van der Waals surface area contributed by atoms with Crippen LogP contribution in [0.4, 0.5) is 5.82 Å². The van der Waals surface area contributed by atoms with E-state index in [1.807, 2.05) is 0 Å². The van der Waals surface area contributed by atoms with Gasteiger partial charge in [0.15, 0.2) is 23.5 Å². The molecule has 0 aromatic carbocycles. The van der Waals surface area contributed by atoms with Crippen molar-refractivity contribution in [3.8, 4) is 0 Å². The van der Waals surface area contributed by atoms with Gasteiger partial charge in [0.2, 0.25) is 5.28 Å². The standard InChI is InChI=1S/C16H20ClN5O4/c17-15-20-12(18)9-13(21-15)22(7-19-9)14-11-10(8(6-23)24-14)25-16(26-11)4-2-1-3-5-16/h7-8,10-11,14,23H,1-6H2,(H2,18,20,21)/t8-,10+,11+,14-/m1/s1. The number of halogens is 1. The molecule has 10 heteroatoms. The van der Waals surface area contributed by atoms with E-state index >= 15 is 0 Å². The van der Waals surface area contributed by atoms with E-state index in [4.69, 9.17) is 31.5 Å². The van der Waals surface area contributed by atoms with Gasteiger partial charge in [0, 0.05) is 12.8 Å². The fourth-order valence-electron chi connectivity index (χ4n) is 4.29. The fraction of sp³-hybridized carbons (Fsp3) is 0.688. The van der Waals surface area contributed by atoms with Gasteiger partial charge in [0.25, 0.3) is 0 Å². The number of anilines is 1. The van der Waals surface area contributed by atoms with E-state index in [1.165, 1.54) is 6.42 Å². The highest BCUT2D eigenvalue weighted by Crippen LogP contribution is 2.48. The number of fused-ring (bicyclic) bond motifs is 2. The number of aromatic nitrogens is 4. The summed E-state index contributed by atoms with van der Waals surface area (Å²) in [6.45, 7) is -0.151. The number of aliphatic hydroxyl groups excluding tert-OH is 1. The van der Waals surface area contributed by atoms with Gasteiger partial charge >= 0.3 is 0 Å². The molecular formula is C16H20ClN5O4. The van der Waals surface area contributed by atoms with Crippen LogP contribution in [-0.2, 0) is 14.2 Å². The number of ether oxygens (including phenoxy) is 3. The van der Waals surface area contributed by atoms with Gasteiger partial charge in [-0.15, -0.1) is 0 Å². The second-order valence-electron chi connectivity index (χ2n) is 7.09. The maximum atomic E-state index is 9.76. The molecule has 3 N–H and O–H groups in total. The molecule has 0 radical (unpaired) electrons. The van der Waals surface area contributed by atoms with Crippen LogP contribution in [0.2, 0.25) is 5.28 Å². The summed E-state index contributed by atoms with van der Waals surface area (Å²) < 4.78 is 20.4. The number of rotatable bonds is 2. The minimum absolute atomic E-state index is 0.0392. The normalized spacial score (nSPS) is 33.2. The van der Waals surface area contributed by atoms with Gasteiger partial charge in [-0.05, 0) is 24.4 Å². The predicted molar refractivity (Wildman–Crippen MR) is 91.3 cm³/mol. The second kappa shape index (κ2) is 6.00. The van der Waals surface area contributed by atoms with Crippen molar-refractivity contribution in [3.05, 3.63) is 11.6 Å². The molecule has 0 bridgehead atoms. The van der Waals surface area contributed by atoms with Crippen LogP contribution in [0.3, 0.4) is 0 Å². The summed E-state index contributed by atoms with van der Waals surface area (Å²) in [7, 11) is 0. The van der Waals surface area contributed by atoms with E-state index in [0.717, 1.165) is 25.7 Å². The molecular weight excluding hydrogens is 362 g/mol. The molecule has 2 aromatic heterocycles. The SMILES string of the molecule is Nc1nc(Cl)nc2c1ncn2[C@@H]1O[C@H](CO)[C@@H]2OC3(CCCCC3)O[C@@H]21. The summed E-state index contributed by atoms with van der Waals surface area (Å²) in [5.41, 5.74) is 6.82. The van der Waals surface area contributed by atoms with Crippen molar-refractivity contribution in [1.82, 2.24) is 19.5 Å². The zero-order valence-electron chi connectivity index (χ0n) is 14.0. The Balaban J connectivity index is 1.53. The topological polar surface area (TPSA) is 118 Å². The number of hydrogen-bond donors (Lipinski definition) is 2. The number of nitrogens with two attached hydrogens (primary N) is 1. The van der Waals surface area contributed by atoms with Gasteiger partial charge in [-0.2, -0.15) is 9.97 Å². The number of aliphatic hydroxyl groups is 1. The Kier molecular flexibility index (Phi) is 3.84. The number of imidazole rings is 1. The molecule has 3 aliphatic rings. The molecule has 4 atom stereocenters. The summed E-state index contributed by atoms with van der Waals surface area (Å²) in [6, 6.07) is 0. The molecule has 2 aromatic rings. The van der Waals surface area contributed by atoms with Gasteiger partial charge in [0.1, 0.15) is 23.8 Å². The molecule has 1 saturated carbocycles. The zero-order chi connectivity index (χ0) is 17.9. The van der Waals surface area contributed by atoms with E-state index < -0.39 is 18.1 Å². The maximum absolute atomic E-state index is 9.76. The Labute approximate surface area is 154 Å². The summed E-state index contributed by atoms with van der Waals surface area (Å²) in [4.78, 5) is 12.5. The molecule has 140 valence electrons. The Morgan fingerprint density at radius 1 is 1.23 bits per heavy atom. The van der Waals surface area contributed by atoms with Gasteiger partial charge < -0.3 is 25.1 Å². The predicted octanol–water partition coefficient (Wildman–Crippen LogP) is 1.40. The van der Waals surface area contributed by atoms with Crippen molar-refractivity contribution in [3.63, 3.8) is 0 Å². The molecule has 1 aliphatic carbocycles. The number of nitrogen functional groups attached to an aromatic ring is 1. The maximum Gasteiger partial charge on any atom is 0.226 e. The highest BCUT2D eigenvalue weighted by molar-refractivity contribution is 6.28. The zero-order valence-corrected chi connectivity index (χ0v) is 14.8. The minimum Gasteiger partial charge on any atom is -0.394 e. The fourth-order valence-corrected chi connectivity index (χ4v) is 4.46. The average Bonchev–Trinajstić information content (AvgIpc) is 3.27. The molecule has 2 aliphatic heterocycles. The van der Waals surface area contributed by atoms with Crippen LogP contribution in [-0.4, -0.2) is 55.3 Å². The average molecular weight is 382 g/mol. The lowest BCUT2D eigenvalue weighted by Gasteiger charge is -2.34. The molecule has 0 unspecified atom stereocenters. The molecule has 3 fully saturated rings. The van der Waals surface area contributed by atoms with Crippen molar-refractivity contribution < 1.29 is 19.3 Å². The third-order valence-electron chi connectivity index (χ3n) is 5.48. The van der Waals surface area contributed by atoms with Crippen molar-refractivity contribution >= 4 is 28.6 Å². The van der Waals surface area contributed by atoms with Crippen LogP contribution >= 0.6 is 11.6 Å². The Morgan fingerprint density at radius 2 is 2.00 bits per heavy atom.